The van der Waals surface area contributed by atoms with Crippen LogP contribution in [0, 0.1) is 0 Å². The van der Waals surface area contributed by atoms with Crippen LogP contribution >= 0.6 is 11.3 Å². The molecule has 0 fully saturated rings. The number of amides is 1. The standard InChI is InChI=1S/C24H28N4O3S/c1-13(2)31-21-9-6-14(10-18(21)25)24-27-11-22(32-24)17-5-3-4-16-15(17)7-8-20(16)28-23(30)19(26)12-29/h3-6,9-11,13,19-20,29H,7-8,12,25-26H2,1-2H3,(H,28,30)/t19-,20+/m1/s1. The van der Waals surface area contributed by atoms with E-state index in [0.29, 0.717) is 11.4 Å². The van der Waals surface area contributed by atoms with Gasteiger partial charge in [0.1, 0.15) is 16.8 Å². The number of benzene rings is 2. The number of hydrogen-bond donors (Lipinski definition) is 4. The molecule has 0 spiro atoms. The van der Waals surface area contributed by atoms with Crippen LogP contribution in [0.1, 0.15) is 37.4 Å². The fourth-order valence-corrected chi connectivity index (χ4v) is 4.94. The second-order valence-electron chi connectivity index (χ2n) is 8.21. The molecule has 1 aromatic heterocycles. The zero-order valence-electron chi connectivity index (χ0n) is 18.2. The van der Waals surface area contributed by atoms with Crippen molar-refractivity contribution in [2.24, 2.45) is 5.73 Å². The molecule has 0 unspecified atom stereocenters. The van der Waals surface area contributed by atoms with E-state index >= 15 is 0 Å². The minimum Gasteiger partial charge on any atom is -0.489 e. The van der Waals surface area contributed by atoms with Crippen molar-refractivity contribution in [2.75, 3.05) is 12.3 Å². The van der Waals surface area contributed by atoms with E-state index in [1.165, 1.54) is 5.56 Å². The van der Waals surface area contributed by atoms with Crippen LogP contribution in [0.2, 0.25) is 0 Å². The normalized spacial score (nSPS) is 16.1. The van der Waals surface area contributed by atoms with E-state index in [1.807, 2.05) is 50.4 Å². The topological polar surface area (TPSA) is 123 Å². The first-order valence-electron chi connectivity index (χ1n) is 10.7. The maximum Gasteiger partial charge on any atom is 0.239 e. The second-order valence-corrected chi connectivity index (χ2v) is 9.24. The summed E-state index contributed by atoms with van der Waals surface area (Å²) in [6.45, 7) is 3.57. The van der Waals surface area contributed by atoms with Gasteiger partial charge in [-0.15, -0.1) is 11.3 Å². The van der Waals surface area contributed by atoms with E-state index in [9.17, 15) is 4.79 Å². The van der Waals surface area contributed by atoms with Crippen LogP contribution in [0.4, 0.5) is 5.69 Å². The van der Waals surface area contributed by atoms with Gasteiger partial charge in [0, 0.05) is 11.8 Å². The molecule has 0 saturated carbocycles. The number of ether oxygens (including phenoxy) is 1. The molecular weight excluding hydrogens is 424 g/mol. The number of aliphatic hydroxyl groups excluding tert-OH is 1. The molecule has 1 aliphatic carbocycles. The summed E-state index contributed by atoms with van der Waals surface area (Å²) in [6, 6.07) is 10.9. The van der Waals surface area contributed by atoms with Gasteiger partial charge in [0.15, 0.2) is 0 Å². The summed E-state index contributed by atoms with van der Waals surface area (Å²) >= 11 is 1.61. The quantitative estimate of drug-likeness (QED) is 0.408. The smallest absolute Gasteiger partial charge is 0.239 e. The molecular formula is C24H28N4O3S. The van der Waals surface area contributed by atoms with Crippen molar-refractivity contribution >= 4 is 22.9 Å². The van der Waals surface area contributed by atoms with Gasteiger partial charge in [-0.1, -0.05) is 18.2 Å². The van der Waals surface area contributed by atoms with E-state index in [-0.39, 0.29) is 24.7 Å². The number of aliphatic hydroxyl groups is 1. The van der Waals surface area contributed by atoms with Gasteiger partial charge in [-0.3, -0.25) is 4.79 Å². The molecule has 4 rings (SSSR count). The van der Waals surface area contributed by atoms with Crippen LogP contribution in [0.25, 0.3) is 21.0 Å². The summed E-state index contributed by atoms with van der Waals surface area (Å²) in [5.41, 5.74) is 16.8. The minimum absolute atomic E-state index is 0.0581. The molecule has 8 heteroatoms. The van der Waals surface area contributed by atoms with Gasteiger partial charge in [-0.2, -0.15) is 0 Å². The Bertz CT molecular complexity index is 1130. The summed E-state index contributed by atoms with van der Waals surface area (Å²) < 4.78 is 5.73. The zero-order valence-corrected chi connectivity index (χ0v) is 19.0. The van der Waals surface area contributed by atoms with Crippen LogP contribution in [-0.4, -0.2) is 34.8 Å². The van der Waals surface area contributed by atoms with E-state index in [0.717, 1.165) is 39.4 Å². The third-order valence-electron chi connectivity index (χ3n) is 5.51. The van der Waals surface area contributed by atoms with Gasteiger partial charge in [0.25, 0.3) is 0 Å². The summed E-state index contributed by atoms with van der Waals surface area (Å²) in [5.74, 6) is 0.341. The predicted molar refractivity (Wildman–Crippen MR) is 127 cm³/mol. The summed E-state index contributed by atoms with van der Waals surface area (Å²) in [5, 5.41) is 13.0. The Labute approximate surface area is 191 Å². The highest BCUT2D eigenvalue weighted by molar-refractivity contribution is 7.18. The molecule has 3 aromatic rings. The molecule has 1 heterocycles. The Hall–Kier alpha value is -2.94. The van der Waals surface area contributed by atoms with Crippen molar-refractivity contribution in [2.45, 2.75) is 44.9 Å². The van der Waals surface area contributed by atoms with Crippen LogP contribution in [0.3, 0.4) is 0 Å². The van der Waals surface area contributed by atoms with E-state index in [1.54, 1.807) is 11.3 Å². The highest BCUT2D eigenvalue weighted by atomic mass is 32.1. The fourth-order valence-electron chi connectivity index (χ4n) is 3.97. The monoisotopic (exact) mass is 452 g/mol. The number of thiazole rings is 1. The van der Waals surface area contributed by atoms with Gasteiger partial charge in [-0.25, -0.2) is 4.98 Å². The number of nitrogen functional groups attached to an aromatic ring is 1. The number of nitrogens with zero attached hydrogens (tertiary/aromatic N) is 1. The minimum atomic E-state index is -0.906. The van der Waals surface area contributed by atoms with Gasteiger partial charge in [0.2, 0.25) is 5.91 Å². The molecule has 1 amide bonds. The molecule has 2 aromatic carbocycles. The molecule has 0 bridgehead atoms. The predicted octanol–water partition coefficient (Wildman–Crippen LogP) is 3.27. The number of carbonyl (C=O) groups excluding carboxylic acids is 1. The summed E-state index contributed by atoms with van der Waals surface area (Å²) in [6.07, 6.45) is 3.60. The van der Waals surface area contributed by atoms with E-state index in [4.69, 9.17) is 21.3 Å². The number of fused-ring (bicyclic) bond motifs is 1. The van der Waals surface area contributed by atoms with Crippen LogP contribution < -0.4 is 21.5 Å². The number of rotatable bonds is 7. The highest BCUT2D eigenvalue weighted by Crippen LogP contribution is 2.41. The maximum absolute atomic E-state index is 12.1. The van der Waals surface area contributed by atoms with Crippen molar-refractivity contribution in [1.82, 2.24) is 10.3 Å². The van der Waals surface area contributed by atoms with Crippen LogP contribution in [0.5, 0.6) is 5.75 Å². The lowest BCUT2D eigenvalue weighted by atomic mass is 10.0. The number of nitrogens with one attached hydrogen (secondary N) is 1. The summed E-state index contributed by atoms with van der Waals surface area (Å²) in [7, 11) is 0. The van der Waals surface area contributed by atoms with Crippen molar-refractivity contribution in [1.29, 1.82) is 0 Å². The molecule has 2 atom stereocenters. The van der Waals surface area contributed by atoms with Crippen molar-refractivity contribution in [3.8, 4) is 26.8 Å². The van der Waals surface area contributed by atoms with E-state index in [2.05, 4.69) is 16.4 Å². The summed E-state index contributed by atoms with van der Waals surface area (Å²) in [4.78, 5) is 17.8. The second kappa shape index (κ2) is 9.28. The van der Waals surface area contributed by atoms with Gasteiger partial charge < -0.3 is 26.6 Å². The molecule has 0 aliphatic heterocycles. The molecule has 0 saturated heterocycles. The van der Waals surface area contributed by atoms with Gasteiger partial charge in [0.05, 0.1) is 29.3 Å². The van der Waals surface area contributed by atoms with Crippen molar-refractivity contribution in [3.05, 3.63) is 53.7 Å². The Balaban J connectivity index is 1.58. The Morgan fingerprint density at radius 2 is 2.16 bits per heavy atom. The van der Waals surface area contributed by atoms with Crippen molar-refractivity contribution < 1.29 is 14.6 Å². The lowest BCUT2D eigenvalue weighted by Gasteiger charge is -2.17. The average molecular weight is 453 g/mol. The lowest BCUT2D eigenvalue weighted by Crippen LogP contribution is -2.44. The van der Waals surface area contributed by atoms with Gasteiger partial charge >= 0.3 is 0 Å². The number of nitrogens with two attached hydrogens (primary N) is 2. The number of aromatic nitrogens is 1. The Kier molecular flexibility index (Phi) is 6.45. The van der Waals surface area contributed by atoms with E-state index < -0.39 is 6.04 Å². The molecule has 7 nitrogen and oxygen atoms in total. The van der Waals surface area contributed by atoms with Crippen LogP contribution in [-0.2, 0) is 11.2 Å². The maximum atomic E-state index is 12.1. The van der Waals surface area contributed by atoms with Gasteiger partial charge in [-0.05, 0) is 61.6 Å². The third kappa shape index (κ3) is 4.48. The fraction of sp³-hybridized carbons (Fsp3) is 0.333. The van der Waals surface area contributed by atoms with Crippen molar-refractivity contribution in [3.63, 3.8) is 0 Å². The third-order valence-corrected chi connectivity index (χ3v) is 6.59. The molecule has 0 radical (unpaired) electrons. The first kappa shape index (κ1) is 22.3. The lowest BCUT2D eigenvalue weighted by molar-refractivity contribution is -0.123. The first-order valence-corrected chi connectivity index (χ1v) is 11.5. The number of carbonyl (C=O) groups is 1. The first-order chi connectivity index (χ1) is 15.4. The number of hydrogen-bond acceptors (Lipinski definition) is 7. The van der Waals surface area contributed by atoms with Crippen LogP contribution in [0.15, 0.2) is 42.6 Å². The highest BCUT2D eigenvalue weighted by Gasteiger charge is 2.28. The Morgan fingerprint density at radius 1 is 1.34 bits per heavy atom. The zero-order chi connectivity index (χ0) is 22.8. The largest absolute Gasteiger partial charge is 0.489 e. The molecule has 6 N–H and O–H groups in total. The average Bonchev–Trinajstić information content (AvgIpc) is 3.42. The number of anilines is 1. The SMILES string of the molecule is CC(C)Oc1ccc(-c2ncc(-c3cccc4c3CC[C@@H]4NC(=O)[C@H](N)CO)s2)cc1N. The Morgan fingerprint density at radius 3 is 2.88 bits per heavy atom. The molecule has 32 heavy (non-hydrogen) atoms. The molecule has 1 aliphatic rings. The molecule has 168 valence electrons.